The molecule has 2 aliphatic rings. The van der Waals surface area contributed by atoms with E-state index in [4.69, 9.17) is 0 Å². The first kappa shape index (κ1) is 16.8. The maximum atomic E-state index is 11.0. The van der Waals surface area contributed by atoms with E-state index in [1.165, 1.54) is 80.9 Å². The lowest BCUT2D eigenvalue weighted by Crippen LogP contribution is -2.14. The van der Waals surface area contributed by atoms with Gasteiger partial charge in [0.05, 0.1) is 0 Å². The van der Waals surface area contributed by atoms with E-state index in [0.29, 0.717) is 17.6 Å². The molecule has 0 bridgehead atoms. The van der Waals surface area contributed by atoms with Crippen molar-refractivity contribution < 1.29 is 5.11 Å². The first-order valence-electron chi connectivity index (χ1n) is 9.65. The summed E-state index contributed by atoms with van der Waals surface area (Å²) in [5.74, 6) is 1.80. The number of phenols is 1. The van der Waals surface area contributed by atoms with Gasteiger partial charge in [0.1, 0.15) is 5.75 Å². The molecule has 1 aromatic rings. The zero-order valence-corrected chi connectivity index (χ0v) is 15.0. The maximum Gasteiger partial charge on any atom is 0.122 e. The van der Waals surface area contributed by atoms with Crippen molar-refractivity contribution in [2.24, 2.45) is 0 Å². The van der Waals surface area contributed by atoms with Gasteiger partial charge in [0.2, 0.25) is 0 Å². The predicted octanol–water partition coefficient (Wildman–Crippen LogP) is 5.55. The summed E-state index contributed by atoms with van der Waals surface area (Å²) in [5.41, 5.74) is 3.89. The van der Waals surface area contributed by atoms with Crippen LogP contribution in [0.4, 0.5) is 0 Å². The van der Waals surface area contributed by atoms with E-state index in [9.17, 15) is 5.11 Å². The van der Waals surface area contributed by atoms with Crippen LogP contribution in [0.15, 0.2) is 12.1 Å². The molecule has 0 aromatic heterocycles. The molecule has 2 aliphatic carbocycles. The highest BCUT2D eigenvalue weighted by Gasteiger charge is 2.25. The van der Waals surface area contributed by atoms with Crippen LogP contribution >= 0.6 is 0 Å². The highest BCUT2D eigenvalue weighted by atomic mass is 16.3. The predicted molar refractivity (Wildman–Crippen MR) is 97.1 cm³/mol. The molecule has 128 valence electrons. The lowest BCUT2D eigenvalue weighted by molar-refractivity contribution is 0.384. The summed E-state index contributed by atoms with van der Waals surface area (Å²) in [6, 6.07) is 4.61. The Hall–Kier alpha value is -1.02. The molecule has 2 heteroatoms. The third-order valence-electron chi connectivity index (χ3n) is 5.82. The molecular weight excluding hydrogens is 282 g/mol. The van der Waals surface area contributed by atoms with Crippen LogP contribution < -0.4 is 0 Å². The molecule has 0 radical (unpaired) electrons. The van der Waals surface area contributed by atoms with Crippen LogP contribution in [0.2, 0.25) is 0 Å². The Bertz CT molecular complexity index is 472. The molecule has 0 saturated heterocycles. The van der Waals surface area contributed by atoms with Crippen molar-refractivity contribution in [2.45, 2.75) is 82.6 Å². The Morgan fingerprint density at radius 2 is 1.26 bits per heavy atom. The second kappa shape index (κ2) is 7.70. The van der Waals surface area contributed by atoms with Crippen molar-refractivity contribution in [3.63, 3.8) is 0 Å². The average Bonchev–Trinajstić information content (AvgIpc) is 2.57. The molecule has 0 unspecified atom stereocenters. The molecule has 1 aromatic carbocycles. The van der Waals surface area contributed by atoms with Gasteiger partial charge in [-0.2, -0.15) is 0 Å². The number of benzene rings is 1. The first-order valence-corrected chi connectivity index (χ1v) is 9.65. The van der Waals surface area contributed by atoms with Crippen molar-refractivity contribution in [3.8, 4) is 5.75 Å². The lowest BCUT2D eigenvalue weighted by Gasteiger charge is -2.28. The van der Waals surface area contributed by atoms with Crippen molar-refractivity contribution in [3.05, 3.63) is 28.8 Å². The molecule has 0 atom stereocenters. The van der Waals surface area contributed by atoms with E-state index in [1.54, 1.807) is 0 Å². The number of hydrogen-bond acceptors (Lipinski definition) is 2. The zero-order valence-electron chi connectivity index (χ0n) is 15.0. The third kappa shape index (κ3) is 4.09. The van der Waals surface area contributed by atoms with Crippen LogP contribution in [0.5, 0.6) is 5.75 Å². The Morgan fingerprint density at radius 3 is 1.65 bits per heavy atom. The SMILES string of the molecule is CN(C)Cc1cc(C2CCCCC2)c(O)c(C2CCCCC2)c1. The fourth-order valence-corrected chi connectivity index (χ4v) is 4.65. The van der Waals surface area contributed by atoms with E-state index >= 15 is 0 Å². The second-order valence-corrected chi connectivity index (χ2v) is 8.03. The minimum Gasteiger partial charge on any atom is -0.507 e. The molecule has 1 N–H and O–H groups in total. The van der Waals surface area contributed by atoms with Gasteiger partial charge in [-0.3, -0.25) is 0 Å². The normalized spacial score (nSPS) is 21.0. The fraction of sp³-hybridized carbons (Fsp3) is 0.714. The van der Waals surface area contributed by atoms with Gasteiger partial charge in [-0.1, -0.05) is 50.7 Å². The maximum absolute atomic E-state index is 11.0. The standard InChI is InChI=1S/C21H33NO/c1-22(2)15-16-13-19(17-9-5-3-6-10-17)21(23)20(14-16)18-11-7-4-8-12-18/h13-14,17-18,23H,3-12,15H2,1-2H3. The van der Waals surface area contributed by atoms with Gasteiger partial charge in [0.25, 0.3) is 0 Å². The van der Waals surface area contributed by atoms with Crippen LogP contribution in [0, 0.1) is 0 Å². The Balaban J connectivity index is 1.95. The molecule has 2 fully saturated rings. The van der Waals surface area contributed by atoms with Crippen molar-refractivity contribution in [1.29, 1.82) is 0 Å². The van der Waals surface area contributed by atoms with Crippen molar-refractivity contribution in [2.75, 3.05) is 14.1 Å². The number of hydrogen-bond donors (Lipinski definition) is 1. The zero-order chi connectivity index (χ0) is 16.2. The topological polar surface area (TPSA) is 23.5 Å². The molecule has 2 saturated carbocycles. The number of aromatic hydroxyl groups is 1. The third-order valence-corrected chi connectivity index (χ3v) is 5.82. The molecule has 0 heterocycles. The van der Waals surface area contributed by atoms with Crippen LogP contribution in [-0.4, -0.2) is 24.1 Å². The molecule has 0 aliphatic heterocycles. The highest BCUT2D eigenvalue weighted by Crippen LogP contribution is 2.44. The largest absolute Gasteiger partial charge is 0.507 e. The second-order valence-electron chi connectivity index (χ2n) is 8.03. The van der Waals surface area contributed by atoms with Gasteiger partial charge in [-0.05, 0) is 68.3 Å². The first-order chi connectivity index (χ1) is 11.1. The van der Waals surface area contributed by atoms with Gasteiger partial charge in [0.15, 0.2) is 0 Å². The van der Waals surface area contributed by atoms with E-state index in [0.717, 1.165) is 6.54 Å². The minimum absolute atomic E-state index is 0.577. The fourth-order valence-electron chi connectivity index (χ4n) is 4.65. The molecule has 23 heavy (non-hydrogen) atoms. The quantitative estimate of drug-likeness (QED) is 0.787. The molecular formula is C21H33NO. The summed E-state index contributed by atoms with van der Waals surface area (Å²) >= 11 is 0. The van der Waals surface area contributed by atoms with E-state index in [-0.39, 0.29) is 0 Å². The summed E-state index contributed by atoms with van der Waals surface area (Å²) < 4.78 is 0. The Morgan fingerprint density at radius 1 is 0.826 bits per heavy atom. The van der Waals surface area contributed by atoms with Gasteiger partial charge < -0.3 is 10.0 Å². The van der Waals surface area contributed by atoms with Crippen LogP contribution in [0.3, 0.4) is 0 Å². The van der Waals surface area contributed by atoms with Crippen LogP contribution in [0.1, 0.15) is 92.7 Å². The summed E-state index contributed by atoms with van der Waals surface area (Å²) in [5, 5.41) is 11.0. The van der Waals surface area contributed by atoms with E-state index < -0.39 is 0 Å². The van der Waals surface area contributed by atoms with E-state index in [1.807, 2.05) is 0 Å². The summed E-state index contributed by atoms with van der Waals surface area (Å²) in [4.78, 5) is 2.24. The van der Waals surface area contributed by atoms with Crippen LogP contribution in [-0.2, 0) is 6.54 Å². The molecule has 0 amide bonds. The summed E-state index contributed by atoms with van der Waals surface area (Å²) in [6.07, 6.45) is 13.0. The number of nitrogens with zero attached hydrogens (tertiary/aromatic N) is 1. The smallest absolute Gasteiger partial charge is 0.122 e. The molecule has 3 rings (SSSR count). The minimum atomic E-state index is 0.577. The van der Waals surface area contributed by atoms with Crippen molar-refractivity contribution in [1.82, 2.24) is 4.90 Å². The van der Waals surface area contributed by atoms with Gasteiger partial charge in [0, 0.05) is 6.54 Å². The summed E-state index contributed by atoms with van der Waals surface area (Å²) in [7, 11) is 4.26. The monoisotopic (exact) mass is 315 g/mol. The van der Waals surface area contributed by atoms with Gasteiger partial charge >= 0.3 is 0 Å². The Kier molecular flexibility index (Phi) is 5.63. The van der Waals surface area contributed by atoms with Crippen LogP contribution in [0.25, 0.3) is 0 Å². The summed E-state index contributed by atoms with van der Waals surface area (Å²) in [6.45, 7) is 0.972. The molecule has 2 nitrogen and oxygen atoms in total. The molecule has 0 spiro atoms. The number of phenolic OH excluding ortho intramolecular Hbond substituents is 1. The van der Waals surface area contributed by atoms with Crippen molar-refractivity contribution >= 4 is 0 Å². The lowest BCUT2D eigenvalue weighted by atomic mass is 9.78. The average molecular weight is 316 g/mol. The highest BCUT2D eigenvalue weighted by molar-refractivity contribution is 5.47. The van der Waals surface area contributed by atoms with E-state index in [2.05, 4.69) is 31.1 Å². The van der Waals surface area contributed by atoms with Gasteiger partial charge in [-0.15, -0.1) is 0 Å². The van der Waals surface area contributed by atoms with Gasteiger partial charge in [-0.25, -0.2) is 0 Å². The number of rotatable bonds is 4. The Labute approximate surface area is 141 Å².